The predicted molar refractivity (Wildman–Crippen MR) is 106 cm³/mol. The molecule has 3 N–H and O–H groups in total. The van der Waals surface area contributed by atoms with Gasteiger partial charge in [0.1, 0.15) is 5.82 Å². The molecule has 0 bridgehead atoms. The van der Waals surface area contributed by atoms with Crippen molar-refractivity contribution in [2.45, 2.75) is 32.8 Å². The van der Waals surface area contributed by atoms with Crippen LogP contribution in [0.5, 0.6) is 0 Å². The Bertz CT molecular complexity index is 458. The number of nitrogens with one attached hydrogen (secondary N) is 2. The molecule has 0 aliphatic carbocycles. The topological polar surface area (TPSA) is 65.9 Å². The lowest BCUT2D eigenvalue weighted by Crippen LogP contribution is -2.38. The second kappa shape index (κ2) is 14.4. The Labute approximate surface area is 161 Å². The third-order valence-corrected chi connectivity index (χ3v) is 3.23. The maximum Gasteiger partial charge on any atom is 0.191 e. The quantitative estimate of drug-likeness (QED) is 0.221. The summed E-state index contributed by atoms with van der Waals surface area (Å²) in [6, 6.07) is 5.82. The number of hydrogen-bond acceptors (Lipinski definition) is 3. The molecule has 1 atom stereocenters. The molecule has 138 valence electrons. The lowest BCUT2D eigenvalue weighted by Gasteiger charge is -2.13. The first kappa shape index (κ1) is 23.1. The summed E-state index contributed by atoms with van der Waals surface area (Å²) in [7, 11) is 0. The Balaban J connectivity index is 0.00000529. The van der Waals surface area contributed by atoms with E-state index in [2.05, 4.69) is 15.6 Å². The van der Waals surface area contributed by atoms with Crippen LogP contribution in [0.1, 0.15) is 38.4 Å². The van der Waals surface area contributed by atoms with E-state index in [1.54, 1.807) is 12.1 Å². The molecule has 0 saturated carbocycles. The zero-order valence-electron chi connectivity index (χ0n) is 14.4. The average Bonchev–Trinajstić information content (AvgIpc) is 2.56. The van der Waals surface area contributed by atoms with Crippen molar-refractivity contribution in [2.24, 2.45) is 4.99 Å². The molecule has 0 aliphatic rings. The summed E-state index contributed by atoms with van der Waals surface area (Å²) in [5.41, 5.74) is 0.655. The van der Waals surface area contributed by atoms with E-state index in [0.717, 1.165) is 39.1 Å². The standard InChI is InChI=1S/C17H28FN3O2.HI/c1-3-19-17(20-11-5-6-12-23-4-2)21-13-16(22)14-7-9-15(18)10-8-14;/h7-10,16,22H,3-6,11-13H2,1-2H3,(H2,19,20,21);1H. The molecule has 0 spiro atoms. The Morgan fingerprint density at radius 2 is 1.92 bits per heavy atom. The zero-order chi connectivity index (χ0) is 16.9. The van der Waals surface area contributed by atoms with Crippen LogP contribution < -0.4 is 10.6 Å². The highest BCUT2D eigenvalue weighted by Crippen LogP contribution is 2.13. The highest BCUT2D eigenvalue weighted by molar-refractivity contribution is 14.0. The van der Waals surface area contributed by atoms with Crippen molar-refractivity contribution in [1.82, 2.24) is 10.6 Å². The highest BCUT2D eigenvalue weighted by Gasteiger charge is 2.07. The molecule has 24 heavy (non-hydrogen) atoms. The van der Waals surface area contributed by atoms with Gasteiger partial charge in [-0.3, -0.25) is 4.99 Å². The molecule has 1 rings (SSSR count). The van der Waals surface area contributed by atoms with Gasteiger partial charge in [0.2, 0.25) is 0 Å². The summed E-state index contributed by atoms with van der Waals surface area (Å²) in [6.45, 7) is 7.26. The highest BCUT2D eigenvalue weighted by atomic mass is 127. The predicted octanol–water partition coefficient (Wildman–Crippen LogP) is 2.85. The maximum atomic E-state index is 12.9. The van der Waals surface area contributed by atoms with Crippen LogP contribution in [-0.4, -0.2) is 43.9 Å². The second-order valence-electron chi connectivity index (χ2n) is 5.12. The number of rotatable bonds is 10. The molecular formula is C17H29FIN3O2. The SMILES string of the molecule is CCNC(=NCC(O)c1ccc(F)cc1)NCCCCOCC.I. The molecule has 7 heteroatoms. The minimum atomic E-state index is -0.746. The largest absolute Gasteiger partial charge is 0.386 e. The van der Waals surface area contributed by atoms with Crippen molar-refractivity contribution in [3.05, 3.63) is 35.6 Å². The molecule has 0 fully saturated rings. The molecule has 0 amide bonds. The third kappa shape index (κ3) is 10.0. The first-order valence-electron chi connectivity index (χ1n) is 8.20. The molecule has 0 aliphatic heterocycles. The minimum Gasteiger partial charge on any atom is -0.386 e. The number of benzene rings is 1. The minimum absolute atomic E-state index is 0. The van der Waals surface area contributed by atoms with Crippen molar-refractivity contribution >= 4 is 29.9 Å². The van der Waals surface area contributed by atoms with Gasteiger partial charge in [0.25, 0.3) is 0 Å². The second-order valence-corrected chi connectivity index (χ2v) is 5.12. The fraction of sp³-hybridized carbons (Fsp3) is 0.588. The van der Waals surface area contributed by atoms with Gasteiger partial charge < -0.3 is 20.5 Å². The van der Waals surface area contributed by atoms with Gasteiger partial charge in [-0.1, -0.05) is 12.1 Å². The average molecular weight is 453 g/mol. The van der Waals surface area contributed by atoms with Gasteiger partial charge in [0.15, 0.2) is 5.96 Å². The summed E-state index contributed by atoms with van der Waals surface area (Å²) in [5, 5.41) is 16.5. The van der Waals surface area contributed by atoms with E-state index in [9.17, 15) is 9.50 Å². The lowest BCUT2D eigenvalue weighted by molar-refractivity contribution is 0.143. The molecule has 0 saturated heterocycles. The molecule has 0 heterocycles. The number of aliphatic hydroxyl groups excluding tert-OH is 1. The van der Waals surface area contributed by atoms with Crippen molar-refractivity contribution < 1.29 is 14.2 Å². The number of unbranched alkanes of at least 4 members (excludes halogenated alkanes) is 1. The first-order valence-corrected chi connectivity index (χ1v) is 8.20. The fourth-order valence-corrected chi connectivity index (χ4v) is 1.99. The fourth-order valence-electron chi connectivity index (χ4n) is 1.99. The van der Waals surface area contributed by atoms with Gasteiger partial charge in [0, 0.05) is 26.3 Å². The van der Waals surface area contributed by atoms with E-state index < -0.39 is 6.10 Å². The summed E-state index contributed by atoms with van der Waals surface area (Å²) in [4.78, 5) is 4.37. The van der Waals surface area contributed by atoms with E-state index in [-0.39, 0.29) is 36.3 Å². The number of aliphatic imine (C=N–C) groups is 1. The summed E-state index contributed by atoms with van der Waals surface area (Å²) in [6.07, 6.45) is 1.24. The monoisotopic (exact) mass is 453 g/mol. The third-order valence-electron chi connectivity index (χ3n) is 3.23. The van der Waals surface area contributed by atoms with Gasteiger partial charge in [-0.2, -0.15) is 0 Å². The van der Waals surface area contributed by atoms with Crippen LogP contribution in [0.15, 0.2) is 29.3 Å². The molecule has 0 aromatic heterocycles. The van der Waals surface area contributed by atoms with Gasteiger partial charge in [-0.05, 0) is 44.4 Å². The lowest BCUT2D eigenvalue weighted by atomic mass is 10.1. The first-order chi connectivity index (χ1) is 11.2. The van der Waals surface area contributed by atoms with E-state index in [1.807, 2.05) is 13.8 Å². The van der Waals surface area contributed by atoms with Crippen molar-refractivity contribution in [2.75, 3.05) is 32.8 Å². The molecule has 1 aromatic rings. The van der Waals surface area contributed by atoms with Crippen LogP contribution >= 0.6 is 24.0 Å². The van der Waals surface area contributed by atoms with Crippen molar-refractivity contribution in [3.8, 4) is 0 Å². The van der Waals surface area contributed by atoms with Crippen molar-refractivity contribution in [3.63, 3.8) is 0 Å². The number of hydrogen-bond donors (Lipinski definition) is 3. The van der Waals surface area contributed by atoms with E-state index in [4.69, 9.17) is 4.74 Å². The van der Waals surface area contributed by atoms with Crippen LogP contribution in [0.4, 0.5) is 4.39 Å². The number of guanidine groups is 1. The number of ether oxygens (including phenoxy) is 1. The molecule has 1 aromatic carbocycles. The van der Waals surface area contributed by atoms with Crippen LogP contribution in [-0.2, 0) is 4.74 Å². The summed E-state index contributed by atoms with van der Waals surface area (Å²) >= 11 is 0. The Hall–Kier alpha value is -0.930. The van der Waals surface area contributed by atoms with Crippen LogP contribution in [0.25, 0.3) is 0 Å². The van der Waals surface area contributed by atoms with E-state index >= 15 is 0 Å². The van der Waals surface area contributed by atoms with Gasteiger partial charge in [-0.25, -0.2) is 4.39 Å². The zero-order valence-corrected chi connectivity index (χ0v) is 16.8. The van der Waals surface area contributed by atoms with Crippen molar-refractivity contribution in [1.29, 1.82) is 0 Å². The smallest absolute Gasteiger partial charge is 0.191 e. The Morgan fingerprint density at radius 3 is 2.54 bits per heavy atom. The Morgan fingerprint density at radius 1 is 1.21 bits per heavy atom. The van der Waals surface area contributed by atoms with Gasteiger partial charge in [0.05, 0.1) is 12.6 Å². The number of halogens is 2. The molecule has 1 unspecified atom stereocenters. The molecular weight excluding hydrogens is 424 g/mol. The van der Waals surface area contributed by atoms with E-state index in [0.29, 0.717) is 11.5 Å². The van der Waals surface area contributed by atoms with Crippen LogP contribution in [0.3, 0.4) is 0 Å². The van der Waals surface area contributed by atoms with Crippen LogP contribution in [0, 0.1) is 5.82 Å². The number of aliphatic hydroxyl groups is 1. The normalized spacial score (nSPS) is 12.4. The van der Waals surface area contributed by atoms with E-state index in [1.165, 1.54) is 12.1 Å². The van der Waals surface area contributed by atoms with Gasteiger partial charge >= 0.3 is 0 Å². The van der Waals surface area contributed by atoms with Gasteiger partial charge in [-0.15, -0.1) is 24.0 Å². The molecule has 5 nitrogen and oxygen atoms in total. The Kier molecular flexibility index (Phi) is 13.9. The summed E-state index contributed by atoms with van der Waals surface area (Å²) in [5.74, 6) is 0.358. The molecule has 0 radical (unpaired) electrons. The summed E-state index contributed by atoms with van der Waals surface area (Å²) < 4.78 is 18.2. The maximum absolute atomic E-state index is 12.9. The number of nitrogens with zero attached hydrogens (tertiary/aromatic N) is 1. The van der Waals surface area contributed by atoms with Crippen LogP contribution in [0.2, 0.25) is 0 Å².